The molecule has 2 N–H and O–H groups in total. The van der Waals surface area contributed by atoms with Crippen LogP contribution >= 0.6 is 0 Å². The van der Waals surface area contributed by atoms with Gasteiger partial charge in [0.1, 0.15) is 0 Å². The standard InChI is InChI=1S/C15H23N3/c1-4-5-17-6-8-18(9-7-17)15-11-13(3)12(2)10-14(15)16/h4,10-11H,1,5-9,16H2,2-3H3. The zero-order chi connectivity index (χ0) is 13.1. The van der Waals surface area contributed by atoms with Crippen LogP contribution in [0.25, 0.3) is 0 Å². The van der Waals surface area contributed by atoms with Crippen molar-refractivity contribution in [2.45, 2.75) is 13.8 Å². The molecule has 1 aromatic rings. The summed E-state index contributed by atoms with van der Waals surface area (Å²) in [6.07, 6.45) is 1.97. The molecule has 18 heavy (non-hydrogen) atoms. The molecule has 0 unspecified atom stereocenters. The van der Waals surface area contributed by atoms with Crippen LogP contribution in [0.2, 0.25) is 0 Å². The Morgan fingerprint density at radius 2 is 1.78 bits per heavy atom. The summed E-state index contributed by atoms with van der Waals surface area (Å²) in [5.74, 6) is 0. The van der Waals surface area contributed by atoms with Gasteiger partial charge in [0.05, 0.1) is 11.4 Å². The maximum absolute atomic E-state index is 6.14. The third-order valence-corrected chi connectivity index (χ3v) is 3.74. The van der Waals surface area contributed by atoms with Crippen molar-refractivity contribution in [3.8, 4) is 0 Å². The Kier molecular flexibility index (Phi) is 3.92. The SMILES string of the molecule is C=CCN1CCN(c2cc(C)c(C)cc2N)CC1. The number of benzene rings is 1. The molecule has 1 heterocycles. The van der Waals surface area contributed by atoms with Gasteiger partial charge in [-0.1, -0.05) is 6.08 Å². The summed E-state index contributed by atoms with van der Waals surface area (Å²) in [6.45, 7) is 13.3. The molecule has 2 rings (SSSR count). The molecule has 3 nitrogen and oxygen atoms in total. The molecule has 0 atom stereocenters. The van der Waals surface area contributed by atoms with E-state index in [0.717, 1.165) is 38.4 Å². The molecule has 0 bridgehead atoms. The third-order valence-electron chi connectivity index (χ3n) is 3.74. The quantitative estimate of drug-likeness (QED) is 0.654. The van der Waals surface area contributed by atoms with E-state index in [1.54, 1.807) is 0 Å². The number of nitrogens with two attached hydrogens (primary N) is 1. The minimum absolute atomic E-state index is 0.898. The van der Waals surface area contributed by atoms with Crippen LogP contribution in [0.15, 0.2) is 24.8 Å². The Morgan fingerprint density at radius 1 is 1.17 bits per heavy atom. The molecule has 0 spiro atoms. The third kappa shape index (κ3) is 2.67. The number of rotatable bonds is 3. The van der Waals surface area contributed by atoms with Gasteiger partial charge in [-0.2, -0.15) is 0 Å². The molecule has 0 aromatic heterocycles. The van der Waals surface area contributed by atoms with Gasteiger partial charge in [-0.15, -0.1) is 6.58 Å². The van der Waals surface area contributed by atoms with Gasteiger partial charge >= 0.3 is 0 Å². The zero-order valence-corrected chi connectivity index (χ0v) is 11.4. The van der Waals surface area contributed by atoms with Crippen LogP contribution in [0.4, 0.5) is 11.4 Å². The second kappa shape index (κ2) is 5.44. The van der Waals surface area contributed by atoms with Crippen molar-refractivity contribution in [1.82, 2.24) is 4.90 Å². The second-order valence-corrected chi connectivity index (χ2v) is 5.07. The lowest BCUT2D eigenvalue weighted by molar-refractivity contribution is 0.284. The van der Waals surface area contributed by atoms with Crippen molar-refractivity contribution in [1.29, 1.82) is 0 Å². The lowest BCUT2D eigenvalue weighted by Crippen LogP contribution is -2.46. The number of hydrogen-bond donors (Lipinski definition) is 1. The Hall–Kier alpha value is -1.48. The molecule has 0 aliphatic carbocycles. The number of nitrogen functional groups attached to an aromatic ring is 1. The molecule has 0 saturated carbocycles. The summed E-state index contributed by atoms with van der Waals surface area (Å²) in [6, 6.07) is 4.30. The van der Waals surface area contributed by atoms with E-state index in [9.17, 15) is 0 Å². The lowest BCUT2D eigenvalue weighted by Gasteiger charge is -2.36. The van der Waals surface area contributed by atoms with Gasteiger partial charge in [0.2, 0.25) is 0 Å². The van der Waals surface area contributed by atoms with E-state index in [0.29, 0.717) is 0 Å². The molecule has 1 aliphatic heterocycles. The number of piperazine rings is 1. The maximum atomic E-state index is 6.14. The van der Waals surface area contributed by atoms with Crippen LogP contribution in [0, 0.1) is 13.8 Å². The van der Waals surface area contributed by atoms with Gasteiger partial charge in [0.15, 0.2) is 0 Å². The predicted molar refractivity (Wildman–Crippen MR) is 79.2 cm³/mol. The van der Waals surface area contributed by atoms with Crippen LogP contribution in [-0.2, 0) is 0 Å². The summed E-state index contributed by atoms with van der Waals surface area (Å²) in [5.41, 5.74) is 10.8. The monoisotopic (exact) mass is 245 g/mol. The van der Waals surface area contributed by atoms with Crippen LogP contribution in [-0.4, -0.2) is 37.6 Å². The summed E-state index contributed by atoms with van der Waals surface area (Å²) in [4.78, 5) is 4.81. The van der Waals surface area contributed by atoms with Gasteiger partial charge < -0.3 is 10.6 Å². The van der Waals surface area contributed by atoms with Crippen molar-refractivity contribution < 1.29 is 0 Å². The lowest BCUT2D eigenvalue weighted by atomic mass is 10.1. The number of nitrogens with zero attached hydrogens (tertiary/aromatic N) is 2. The first-order valence-electron chi connectivity index (χ1n) is 6.56. The van der Waals surface area contributed by atoms with Crippen molar-refractivity contribution >= 4 is 11.4 Å². The first-order valence-corrected chi connectivity index (χ1v) is 6.56. The Bertz CT molecular complexity index is 432. The normalized spacial score (nSPS) is 16.9. The summed E-state index contributed by atoms with van der Waals surface area (Å²) >= 11 is 0. The highest BCUT2D eigenvalue weighted by molar-refractivity contribution is 5.70. The van der Waals surface area contributed by atoms with E-state index in [1.807, 2.05) is 6.08 Å². The summed E-state index contributed by atoms with van der Waals surface area (Å²) in [7, 11) is 0. The Labute approximate surface area is 110 Å². The van der Waals surface area contributed by atoms with Crippen LogP contribution in [0.3, 0.4) is 0 Å². The Morgan fingerprint density at radius 3 is 2.39 bits per heavy atom. The molecule has 98 valence electrons. The largest absolute Gasteiger partial charge is 0.397 e. The van der Waals surface area contributed by atoms with Crippen molar-refractivity contribution in [3.05, 3.63) is 35.9 Å². The fourth-order valence-electron chi connectivity index (χ4n) is 2.45. The molecule has 1 aromatic carbocycles. The average Bonchev–Trinajstić information content (AvgIpc) is 2.35. The molecular formula is C15H23N3. The minimum atomic E-state index is 0.898. The van der Waals surface area contributed by atoms with E-state index in [2.05, 4.69) is 42.4 Å². The van der Waals surface area contributed by atoms with Gasteiger partial charge in [0.25, 0.3) is 0 Å². The molecular weight excluding hydrogens is 222 g/mol. The van der Waals surface area contributed by atoms with Gasteiger partial charge in [-0.05, 0) is 37.1 Å². The number of aryl methyl sites for hydroxylation is 2. The zero-order valence-electron chi connectivity index (χ0n) is 11.4. The highest BCUT2D eigenvalue weighted by Gasteiger charge is 2.18. The maximum Gasteiger partial charge on any atom is 0.0603 e. The number of anilines is 2. The van der Waals surface area contributed by atoms with Crippen molar-refractivity contribution in [2.24, 2.45) is 0 Å². The molecule has 0 amide bonds. The highest BCUT2D eigenvalue weighted by Crippen LogP contribution is 2.27. The summed E-state index contributed by atoms with van der Waals surface area (Å²) < 4.78 is 0. The van der Waals surface area contributed by atoms with E-state index < -0.39 is 0 Å². The molecule has 3 heteroatoms. The molecule has 1 fully saturated rings. The molecule has 0 radical (unpaired) electrons. The van der Waals surface area contributed by atoms with E-state index in [1.165, 1.54) is 16.8 Å². The van der Waals surface area contributed by atoms with E-state index >= 15 is 0 Å². The van der Waals surface area contributed by atoms with Crippen LogP contribution in [0.5, 0.6) is 0 Å². The first-order chi connectivity index (χ1) is 8.61. The van der Waals surface area contributed by atoms with E-state index in [-0.39, 0.29) is 0 Å². The minimum Gasteiger partial charge on any atom is -0.397 e. The molecule has 1 saturated heterocycles. The summed E-state index contributed by atoms with van der Waals surface area (Å²) in [5, 5.41) is 0. The van der Waals surface area contributed by atoms with Crippen LogP contribution in [0.1, 0.15) is 11.1 Å². The fraction of sp³-hybridized carbons (Fsp3) is 0.467. The second-order valence-electron chi connectivity index (χ2n) is 5.07. The Balaban J connectivity index is 2.10. The average molecular weight is 245 g/mol. The van der Waals surface area contributed by atoms with E-state index in [4.69, 9.17) is 5.73 Å². The topological polar surface area (TPSA) is 32.5 Å². The number of hydrogen-bond acceptors (Lipinski definition) is 3. The van der Waals surface area contributed by atoms with Gasteiger partial charge in [0, 0.05) is 32.7 Å². The van der Waals surface area contributed by atoms with Gasteiger partial charge in [-0.3, -0.25) is 4.90 Å². The van der Waals surface area contributed by atoms with Crippen LogP contribution < -0.4 is 10.6 Å². The van der Waals surface area contributed by atoms with Gasteiger partial charge in [-0.25, -0.2) is 0 Å². The van der Waals surface area contributed by atoms with Crippen molar-refractivity contribution in [3.63, 3.8) is 0 Å². The van der Waals surface area contributed by atoms with Crippen molar-refractivity contribution in [2.75, 3.05) is 43.4 Å². The highest BCUT2D eigenvalue weighted by atomic mass is 15.3. The fourth-order valence-corrected chi connectivity index (χ4v) is 2.45. The first kappa shape index (κ1) is 13.0. The molecule has 1 aliphatic rings. The smallest absolute Gasteiger partial charge is 0.0603 e. The predicted octanol–water partition coefficient (Wildman–Crippen LogP) is 2.19.